The van der Waals surface area contributed by atoms with Gasteiger partial charge in [-0.15, -0.1) is 0 Å². The summed E-state index contributed by atoms with van der Waals surface area (Å²) in [6, 6.07) is 7.91. The molecule has 0 fully saturated rings. The van der Waals surface area contributed by atoms with E-state index in [0.717, 1.165) is 30.8 Å². The second-order valence-electron chi connectivity index (χ2n) is 3.65. The number of nitrogens with zero attached hydrogens (tertiary/aromatic N) is 1. The van der Waals surface area contributed by atoms with Gasteiger partial charge in [-0.1, -0.05) is 24.4 Å². The molecule has 0 aliphatic rings. The molecule has 1 aromatic rings. The number of anilines is 1. The molecular weight excluding hydrogens is 220 g/mol. The second kappa shape index (κ2) is 6.45. The van der Waals surface area contributed by atoms with E-state index >= 15 is 0 Å². The molecule has 0 amide bonds. The summed E-state index contributed by atoms with van der Waals surface area (Å²) in [5.41, 5.74) is 7.69. The molecule has 88 valence electrons. The Balaban J connectivity index is 2.74. The van der Waals surface area contributed by atoms with Gasteiger partial charge in [0.15, 0.2) is 0 Å². The number of methoxy groups -OCH3 is 1. The lowest BCUT2D eigenvalue weighted by Gasteiger charge is -2.21. The first kappa shape index (κ1) is 12.9. The predicted octanol–water partition coefficient (Wildman–Crippen LogP) is 1.79. The van der Waals surface area contributed by atoms with E-state index in [1.165, 1.54) is 0 Å². The van der Waals surface area contributed by atoms with Gasteiger partial charge < -0.3 is 15.4 Å². The van der Waals surface area contributed by atoms with Crippen molar-refractivity contribution in [2.24, 2.45) is 5.73 Å². The van der Waals surface area contributed by atoms with Crippen LogP contribution in [0.5, 0.6) is 0 Å². The standard InChI is InChI=1S/C12H18N2OS/c1-14(8-5-9-15-2)11-7-4-3-6-10(11)12(13)16/h3-4,6-7H,5,8-9H2,1-2H3,(H2,13,16). The van der Waals surface area contributed by atoms with Crippen molar-refractivity contribution in [1.29, 1.82) is 0 Å². The number of rotatable bonds is 6. The van der Waals surface area contributed by atoms with Crippen molar-refractivity contribution >= 4 is 22.9 Å². The van der Waals surface area contributed by atoms with E-state index in [9.17, 15) is 0 Å². The molecule has 1 rings (SSSR count). The molecule has 0 heterocycles. The van der Waals surface area contributed by atoms with Crippen LogP contribution < -0.4 is 10.6 Å². The lowest BCUT2D eigenvalue weighted by atomic mass is 10.1. The minimum atomic E-state index is 0.439. The van der Waals surface area contributed by atoms with Gasteiger partial charge in [0.25, 0.3) is 0 Å². The van der Waals surface area contributed by atoms with Crippen LogP contribution in [0.25, 0.3) is 0 Å². The first-order valence-electron chi connectivity index (χ1n) is 5.25. The minimum absolute atomic E-state index is 0.439. The van der Waals surface area contributed by atoms with Gasteiger partial charge in [0.05, 0.1) is 0 Å². The average Bonchev–Trinajstić information content (AvgIpc) is 2.29. The Morgan fingerprint density at radius 1 is 1.44 bits per heavy atom. The van der Waals surface area contributed by atoms with Gasteiger partial charge in [-0.25, -0.2) is 0 Å². The van der Waals surface area contributed by atoms with Crippen molar-refractivity contribution < 1.29 is 4.74 Å². The third-order valence-electron chi connectivity index (χ3n) is 2.42. The number of hydrogen-bond donors (Lipinski definition) is 1. The van der Waals surface area contributed by atoms with Crippen LogP contribution in [0.4, 0.5) is 5.69 Å². The molecule has 0 bridgehead atoms. The van der Waals surface area contributed by atoms with E-state index < -0.39 is 0 Å². The molecule has 3 nitrogen and oxygen atoms in total. The van der Waals surface area contributed by atoms with Gasteiger partial charge in [-0.3, -0.25) is 0 Å². The molecule has 0 aliphatic carbocycles. The Morgan fingerprint density at radius 3 is 2.75 bits per heavy atom. The highest BCUT2D eigenvalue weighted by molar-refractivity contribution is 7.80. The van der Waals surface area contributed by atoms with Crippen LogP contribution in [0, 0.1) is 0 Å². The lowest BCUT2D eigenvalue weighted by molar-refractivity contribution is 0.196. The van der Waals surface area contributed by atoms with Gasteiger partial charge in [-0.2, -0.15) is 0 Å². The van der Waals surface area contributed by atoms with Crippen molar-refractivity contribution in [3.8, 4) is 0 Å². The fraction of sp³-hybridized carbons (Fsp3) is 0.417. The van der Waals surface area contributed by atoms with Crippen LogP contribution in [0.15, 0.2) is 24.3 Å². The highest BCUT2D eigenvalue weighted by Gasteiger charge is 2.08. The Morgan fingerprint density at radius 2 is 2.12 bits per heavy atom. The van der Waals surface area contributed by atoms with Gasteiger partial charge >= 0.3 is 0 Å². The van der Waals surface area contributed by atoms with Crippen molar-refractivity contribution in [2.45, 2.75) is 6.42 Å². The van der Waals surface area contributed by atoms with Crippen LogP contribution in [-0.4, -0.2) is 32.3 Å². The zero-order valence-corrected chi connectivity index (χ0v) is 10.6. The summed E-state index contributed by atoms with van der Waals surface area (Å²) in [4.78, 5) is 2.59. The summed E-state index contributed by atoms with van der Waals surface area (Å²) in [7, 11) is 3.75. The van der Waals surface area contributed by atoms with Crippen LogP contribution in [-0.2, 0) is 4.74 Å². The third-order valence-corrected chi connectivity index (χ3v) is 2.64. The van der Waals surface area contributed by atoms with Gasteiger partial charge in [0, 0.05) is 38.6 Å². The Hall–Kier alpha value is -1.13. The second-order valence-corrected chi connectivity index (χ2v) is 4.09. The Kier molecular flexibility index (Phi) is 5.22. The smallest absolute Gasteiger partial charge is 0.106 e. The zero-order valence-electron chi connectivity index (χ0n) is 9.77. The predicted molar refractivity (Wildman–Crippen MR) is 72.1 cm³/mol. The SMILES string of the molecule is COCCCN(C)c1ccccc1C(N)=S. The molecule has 4 heteroatoms. The van der Waals surface area contributed by atoms with E-state index in [4.69, 9.17) is 22.7 Å². The molecule has 0 atom stereocenters. The van der Waals surface area contributed by atoms with Gasteiger partial charge in [0.2, 0.25) is 0 Å². The van der Waals surface area contributed by atoms with Gasteiger partial charge in [0.1, 0.15) is 4.99 Å². The third kappa shape index (κ3) is 3.47. The van der Waals surface area contributed by atoms with E-state index in [0.29, 0.717) is 4.99 Å². The largest absolute Gasteiger partial charge is 0.389 e. The zero-order chi connectivity index (χ0) is 12.0. The molecule has 0 spiro atoms. The molecule has 0 saturated carbocycles. The van der Waals surface area contributed by atoms with Crippen LogP contribution in [0.3, 0.4) is 0 Å². The minimum Gasteiger partial charge on any atom is -0.389 e. The molecule has 2 N–H and O–H groups in total. The summed E-state index contributed by atoms with van der Waals surface area (Å²) < 4.78 is 5.03. The molecule has 0 radical (unpaired) electrons. The van der Waals surface area contributed by atoms with Crippen molar-refractivity contribution in [2.75, 3.05) is 32.2 Å². The van der Waals surface area contributed by atoms with Crippen LogP contribution >= 0.6 is 12.2 Å². The molecule has 1 aromatic carbocycles. The van der Waals surface area contributed by atoms with E-state index in [2.05, 4.69) is 4.90 Å². The fourth-order valence-corrected chi connectivity index (χ4v) is 1.75. The first-order chi connectivity index (χ1) is 7.66. The molecule has 0 unspecified atom stereocenters. The highest BCUT2D eigenvalue weighted by Crippen LogP contribution is 2.18. The number of hydrogen-bond acceptors (Lipinski definition) is 3. The van der Waals surface area contributed by atoms with Gasteiger partial charge in [-0.05, 0) is 18.6 Å². The number of thiocarbonyl (C=S) groups is 1. The molecule has 0 aliphatic heterocycles. The highest BCUT2D eigenvalue weighted by atomic mass is 32.1. The van der Waals surface area contributed by atoms with E-state index in [1.54, 1.807) is 7.11 Å². The van der Waals surface area contributed by atoms with Crippen LogP contribution in [0.1, 0.15) is 12.0 Å². The summed E-state index contributed by atoms with van der Waals surface area (Å²) in [6.45, 7) is 1.69. The summed E-state index contributed by atoms with van der Waals surface area (Å²) in [5, 5.41) is 0. The molecule has 0 aromatic heterocycles. The van der Waals surface area contributed by atoms with E-state index in [1.807, 2.05) is 31.3 Å². The van der Waals surface area contributed by atoms with Crippen LogP contribution in [0.2, 0.25) is 0 Å². The van der Waals surface area contributed by atoms with Crippen molar-refractivity contribution in [3.05, 3.63) is 29.8 Å². The molecule has 16 heavy (non-hydrogen) atoms. The summed E-state index contributed by atoms with van der Waals surface area (Å²) in [6.07, 6.45) is 0.985. The number of benzene rings is 1. The number of ether oxygens (including phenoxy) is 1. The number of para-hydroxylation sites is 1. The Labute approximate surface area is 102 Å². The fourth-order valence-electron chi connectivity index (χ4n) is 1.58. The average molecular weight is 238 g/mol. The lowest BCUT2D eigenvalue weighted by Crippen LogP contribution is -2.23. The Bertz CT molecular complexity index is 355. The van der Waals surface area contributed by atoms with Crippen molar-refractivity contribution in [3.63, 3.8) is 0 Å². The topological polar surface area (TPSA) is 38.5 Å². The molecule has 0 saturated heterocycles. The normalized spacial score (nSPS) is 10.1. The van der Waals surface area contributed by atoms with E-state index in [-0.39, 0.29) is 0 Å². The maximum Gasteiger partial charge on any atom is 0.106 e. The first-order valence-corrected chi connectivity index (χ1v) is 5.66. The number of nitrogens with two attached hydrogens (primary N) is 1. The quantitative estimate of drug-likeness (QED) is 0.606. The maximum absolute atomic E-state index is 5.69. The van der Waals surface area contributed by atoms with Crippen molar-refractivity contribution in [1.82, 2.24) is 0 Å². The maximum atomic E-state index is 5.69. The monoisotopic (exact) mass is 238 g/mol. The summed E-state index contributed by atoms with van der Waals surface area (Å²) >= 11 is 5.03. The summed E-state index contributed by atoms with van der Waals surface area (Å²) in [5.74, 6) is 0. The molecular formula is C12H18N2OS.